The molecule has 0 radical (unpaired) electrons. The summed E-state index contributed by atoms with van der Waals surface area (Å²) in [5.74, 6) is 1.51. The average molecular weight is 683 g/mol. The predicted octanol–water partition coefficient (Wildman–Crippen LogP) is 7.73. The van der Waals surface area contributed by atoms with Crippen molar-refractivity contribution in [1.82, 2.24) is 45.2 Å². The molecule has 0 amide bonds. The SMILES string of the molecule is CCCCN(Cc1ccc(-c2ccccc2-c2nnnn2C(c2ccccc2)(c2ccccc2)c2ccccc2)cc1)c1ncnc2nnn(C)c12. The number of unbranched alkanes of at least 4 members (excludes halogenated alkanes) is 1. The van der Waals surface area contributed by atoms with E-state index >= 15 is 0 Å². The first-order valence-corrected chi connectivity index (χ1v) is 17.6. The molecule has 0 bridgehead atoms. The maximum atomic E-state index is 4.78. The molecule has 8 aromatic rings. The maximum Gasteiger partial charge on any atom is 0.207 e. The Balaban J connectivity index is 1.21. The number of tetrazole rings is 1. The molecule has 0 aliphatic rings. The molecule has 10 heteroatoms. The highest BCUT2D eigenvalue weighted by atomic mass is 15.6. The van der Waals surface area contributed by atoms with Crippen LogP contribution in [0.3, 0.4) is 0 Å². The number of rotatable bonds is 12. The number of nitrogens with zero attached hydrogens (tertiary/aromatic N) is 10. The molecule has 0 spiro atoms. The van der Waals surface area contributed by atoms with Crippen LogP contribution in [0.15, 0.2) is 146 Å². The fourth-order valence-corrected chi connectivity index (χ4v) is 7.14. The number of aryl methyl sites for hydroxylation is 1. The molecule has 0 aliphatic heterocycles. The minimum atomic E-state index is -0.850. The van der Waals surface area contributed by atoms with Gasteiger partial charge in [-0.15, -0.1) is 10.2 Å². The van der Waals surface area contributed by atoms with Crippen LogP contribution < -0.4 is 4.90 Å². The van der Waals surface area contributed by atoms with Crippen molar-refractivity contribution in [3.8, 4) is 22.5 Å². The van der Waals surface area contributed by atoms with E-state index in [9.17, 15) is 0 Å². The van der Waals surface area contributed by atoms with E-state index in [1.54, 1.807) is 11.0 Å². The number of fused-ring (bicyclic) bond motifs is 1. The molecule has 0 saturated carbocycles. The van der Waals surface area contributed by atoms with E-state index < -0.39 is 5.54 Å². The second kappa shape index (κ2) is 14.4. The molecule has 52 heavy (non-hydrogen) atoms. The van der Waals surface area contributed by atoms with E-state index in [0.717, 1.165) is 64.1 Å². The quantitative estimate of drug-likeness (QED) is 0.121. The van der Waals surface area contributed by atoms with Crippen molar-refractivity contribution in [3.05, 3.63) is 168 Å². The lowest BCUT2D eigenvalue weighted by atomic mass is 9.77. The van der Waals surface area contributed by atoms with Crippen molar-refractivity contribution >= 4 is 17.0 Å². The lowest BCUT2D eigenvalue weighted by Gasteiger charge is -2.36. The van der Waals surface area contributed by atoms with E-state index in [1.165, 1.54) is 5.56 Å². The molecule has 0 saturated heterocycles. The van der Waals surface area contributed by atoms with Crippen molar-refractivity contribution in [2.45, 2.75) is 31.8 Å². The highest BCUT2D eigenvalue weighted by molar-refractivity contribution is 5.83. The summed E-state index contributed by atoms with van der Waals surface area (Å²) in [4.78, 5) is 11.3. The Morgan fingerprint density at radius 2 is 1.23 bits per heavy atom. The Kier molecular flexibility index (Phi) is 9.01. The van der Waals surface area contributed by atoms with Crippen LogP contribution in [-0.2, 0) is 19.1 Å². The minimum Gasteiger partial charge on any atom is -0.350 e. The highest BCUT2D eigenvalue weighted by Crippen LogP contribution is 2.43. The first kappa shape index (κ1) is 32.6. The summed E-state index contributed by atoms with van der Waals surface area (Å²) in [5, 5.41) is 22.3. The molecule has 0 N–H and O–H groups in total. The van der Waals surface area contributed by atoms with Crippen molar-refractivity contribution in [2.75, 3.05) is 11.4 Å². The van der Waals surface area contributed by atoms with Crippen molar-refractivity contribution in [3.63, 3.8) is 0 Å². The fourth-order valence-electron chi connectivity index (χ4n) is 7.14. The van der Waals surface area contributed by atoms with Gasteiger partial charge in [0.2, 0.25) is 5.65 Å². The van der Waals surface area contributed by atoms with Crippen LogP contribution in [0.2, 0.25) is 0 Å². The van der Waals surface area contributed by atoms with Crippen molar-refractivity contribution < 1.29 is 0 Å². The number of benzene rings is 5. The summed E-state index contributed by atoms with van der Waals surface area (Å²) in [6.45, 7) is 3.74. The lowest BCUT2D eigenvalue weighted by Crippen LogP contribution is -2.39. The lowest BCUT2D eigenvalue weighted by molar-refractivity contribution is 0.451. The van der Waals surface area contributed by atoms with Crippen molar-refractivity contribution in [2.24, 2.45) is 7.05 Å². The molecule has 10 nitrogen and oxygen atoms in total. The Morgan fingerprint density at radius 3 is 1.85 bits per heavy atom. The second-order valence-corrected chi connectivity index (χ2v) is 12.8. The number of aromatic nitrogens is 9. The maximum absolute atomic E-state index is 4.78. The van der Waals surface area contributed by atoms with Gasteiger partial charge in [0, 0.05) is 25.7 Å². The third-order valence-corrected chi connectivity index (χ3v) is 9.63. The molecule has 256 valence electrons. The fraction of sp³-hybridized carbons (Fsp3) is 0.167. The Labute approximate surface area is 302 Å². The Hall–Kier alpha value is -6.55. The van der Waals surface area contributed by atoms with E-state index in [2.05, 4.69) is 153 Å². The van der Waals surface area contributed by atoms with Crippen LogP contribution in [0.5, 0.6) is 0 Å². The Morgan fingerprint density at radius 1 is 0.635 bits per heavy atom. The van der Waals surface area contributed by atoms with Gasteiger partial charge in [-0.25, -0.2) is 19.3 Å². The van der Waals surface area contributed by atoms with Gasteiger partial charge in [-0.1, -0.05) is 158 Å². The van der Waals surface area contributed by atoms with Crippen LogP contribution in [0.1, 0.15) is 42.0 Å². The molecule has 5 aromatic carbocycles. The first-order chi connectivity index (χ1) is 25.7. The standard InChI is InChI=1S/C42H38N10/c1-3-4-28-51(41-38-39(43-30-44-41)45-48-50(38)2)29-31-24-26-32(27-25-31)36-22-14-15-23-37(36)40-46-47-49-52(40)42(33-16-8-5-9-17-33,34-18-10-6-11-19-34)35-20-12-7-13-21-35/h5-27,30H,3-4,28-29H2,1-2H3. The van der Waals surface area contributed by atoms with Crippen LogP contribution in [0.25, 0.3) is 33.7 Å². The highest BCUT2D eigenvalue weighted by Gasteiger charge is 2.42. The van der Waals surface area contributed by atoms with Gasteiger partial charge in [-0.05, 0) is 50.2 Å². The number of anilines is 1. The van der Waals surface area contributed by atoms with Crippen LogP contribution >= 0.6 is 0 Å². The van der Waals surface area contributed by atoms with E-state index in [0.29, 0.717) is 18.0 Å². The summed E-state index contributed by atoms with van der Waals surface area (Å²) in [7, 11) is 1.88. The molecular weight excluding hydrogens is 645 g/mol. The average Bonchev–Trinajstić information content (AvgIpc) is 3.86. The minimum absolute atomic E-state index is 0.596. The number of hydrogen-bond acceptors (Lipinski definition) is 8. The Bertz CT molecular complexity index is 2290. The molecule has 0 fully saturated rings. The van der Waals surface area contributed by atoms with Gasteiger partial charge >= 0.3 is 0 Å². The summed E-state index contributed by atoms with van der Waals surface area (Å²) in [5.41, 5.74) is 7.95. The van der Waals surface area contributed by atoms with Crippen LogP contribution in [0, 0.1) is 0 Å². The monoisotopic (exact) mass is 682 g/mol. The summed E-state index contributed by atoms with van der Waals surface area (Å²) >= 11 is 0. The second-order valence-electron chi connectivity index (χ2n) is 12.8. The van der Waals surface area contributed by atoms with Crippen molar-refractivity contribution in [1.29, 1.82) is 0 Å². The van der Waals surface area contributed by atoms with Crippen LogP contribution in [-0.4, -0.2) is 51.7 Å². The largest absolute Gasteiger partial charge is 0.350 e. The van der Waals surface area contributed by atoms with E-state index in [-0.39, 0.29) is 0 Å². The van der Waals surface area contributed by atoms with Gasteiger partial charge in [-0.2, -0.15) is 0 Å². The summed E-state index contributed by atoms with van der Waals surface area (Å²) in [6, 6.07) is 48.5. The van der Waals surface area contributed by atoms with Gasteiger partial charge in [0.1, 0.15) is 17.4 Å². The summed E-state index contributed by atoms with van der Waals surface area (Å²) < 4.78 is 3.74. The molecule has 3 aromatic heterocycles. The third-order valence-electron chi connectivity index (χ3n) is 9.63. The van der Waals surface area contributed by atoms with Gasteiger partial charge in [0.25, 0.3) is 0 Å². The molecular formula is C42H38N10. The third kappa shape index (κ3) is 5.87. The topological polar surface area (TPSA) is 103 Å². The first-order valence-electron chi connectivity index (χ1n) is 17.6. The molecule has 0 atom stereocenters. The zero-order valence-corrected chi connectivity index (χ0v) is 29.2. The van der Waals surface area contributed by atoms with Gasteiger partial charge in [-0.3, -0.25) is 0 Å². The number of hydrogen-bond donors (Lipinski definition) is 0. The molecule has 0 unspecified atom stereocenters. The van der Waals surface area contributed by atoms with Gasteiger partial charge in [0.05, 0.1) is 0 Å². The van der Waals surface area contributed by atoms with E-state index in [1.807, 2.05) is 36.0 Å². The zero-order valence-electron chi connectivity index (χ0n) is 29.2. The smallest absolute Gasteiger partial charge is 0.207 e. The predicted molar refractivity (Wildman–Crippen MR) is 203 cm³/mol. The molecule has 8 rings (SSSR count). The summed E-state index contributed by atoms with van der Waals surface area (Å²) in [6.07, 6.45) is 3.68. The van der Waals surface area contributed by atoms with Gasteiger partial charge < -0.3 is 4.90 Å². The normalized spacial score (nSPS) is 11.6. The van der Waals surface area contributed by atoms with E-state index in [4.69, 9.17) is 10.3 Å². The molecule has 3 heterocycles. The van der Waals surface area contributed by atoms with Gasteiger partial charge in [0.15, 0.2) is 11.6 Å². The van der Waals surface area contributed by atoms with Crippen LogP contribution in [0.4, 0.5) is 5.82 Å². The zero-order chi connectivity index (χ0) is 35.3. The molecule has 0 aliphatic carbocycles.